The number of hydrogen-bond donors (Lipinski definition) is 0. The zero-order chi connectivity index (χ0) is 36.7. The second kappa shape index (κ2) is 13.7. The van der Waals surface area contributed by atoms with Crippen LogP contribution in [0.25, 0.3) is 77.2 Å². The number of furan rings is 1. The third-order valence-corrected chi connectivity index (χ3v) is 10.8. The van der Waals surface area contributed by atoms with Crippen molar-refractivity contribution in [2.75, 3.05) is 4.90 Å². The van der Waals surface area contributed by atoms with Crippen molar-refractivity contribution in [1.82, 2.24) is 0 Å². The lowest BCUT2D eigenvalue weighted by Gasteiger charge is -2.28. The molecule has 0 amide bonds. The zero-order valence-electron chi connectivity index (χ0n) is 30.5. The molecule has 2 nitrogen and oxygen atoms in total. The van der Waals surface area contributed by atoms with Crippen molar-refractivity contribution in [3.63, 3.8) is 0 Å². The van der Waals surface area contributed by atoms with Gasteiger partial charge in [0.2, 0.25) is 0 Å². The molecule has 0 atom stereocenters. The van der Waals surface area contributed by atoms with E-state index in [1.165, 1.54) is 49.5 Å². The standard InChI is InChI=1S/C53H37NO/c1-36-14-13-23-51-53(36)47-31-29-45(35-52(47)55-51)54(50-34-42-22-12-11-21-41(42)33-49(50)39-19-9-4-10-20-39)44-27-24-40(25-28-44)46-30-26-43(37-15-5-2-6-16-37)32-48(46)38-17-7-3-8-18-38/h2-35H,1H3. The Balaban J connectivity index is 1.16. The number of anilines is 3. The van der Waals surface area contributed by atoms with Crippen molar-refractivity contribution in [2.45, 2.75) is 6.92 Å². The Bertz CT molecular complexity index is 2960. The number of benzene rings is 9. The van der Waals surface area contributed by atoms with Crippen molar-refractivity contribution in [3.05, 3.63) is 212 Å². The van der Waals surface area contributed by atoms with Crippen LogP contribution in [0.2, 0.25) is 0 Å². The summed E-state index contributed by atoms with van der Waals surface area (Å²) in [5, 5.41) is 4.69. The van der Waals surface area contributed by atoms with Gasteiger partial charge in [0.15, 0.2) is 0 Å². The first kappa shape index (κ1) is 32.5. The van der Waals surface area contributed by atoms with Crippen LogP contribution in [0.3, 0.4) is 0 Å². The summed E-state index contributed by atoms with van der Waals surface area (Å²) in [5.41, 5.74) is 15.7. The summed E-state index contributed by atoms with van der Waals surface area (Å²) in [5.74, 6) is 0. The molecule has 0 radical (unpaired) electrons. The van der Waals surface area contributed by atoms with Crippen LogP contribution in [0.5, 0.6) is 0 Å². The van der Waals surface area contributed by atoms with Gasteiger partial charge in [-0.05, 0) is 111 Å². The lowest BCUT2D eigenvalue weighted by molar-refractivity contribution is 0.669. The molecule has 0 unspecified atom stereocenters. The third-order valence-electron chi connectivity index (χ3n) is 10.8. The fourth-order valence-corrected chi connectivity index (χ4v) is 8.07. The van der Waals surface area contributed by atoms with Gasteiger partial charge in [-0.15, -0.1) is 0 Å². The number of aryl methyl sites for hydroxylation is 1. The molecule has 1 aromatic heterocycles. The molecular weight excluding hydrogens is 667 g/mol. The highest BCUT2D eigenvalue weighted by molar-refractivity contribution is 6.08. The lowest BCUT2D eigenvalue weighted by Crippen LogP contribution is -2.11. The normalized spacial score (nSPS) is 11.4. The summed E-state index contributed by atoms with van der Waals surface area (Å²) >= 11 is 0. The first-order chi connectivity index (χ1) is 27.2. The van der Waals surface area contributed by atoms with Crippen LogP contribution < -0.4 is 4.90 Å². The van der Waals surface area contributed by atoms with Gasteiger partial charge < -0.3 is 9.32 Å². The minimum atomic E-state index is 0.872. The van der Waals surface area contributed by atoms with Gasteiger partial charge >= 0.3 is 0 Å². The molecule has 0 fully saturated rings. The average Bonchev–Trinajstić information content (AvgIpc) is 3.64. The molecule has 0 spiro atoms. The van der Waals surface area contributed by atoms with Gasteiger partial charge in [0, 0.05) is 33.8 Å². The number of nitrogens with zero attached hydrogens (tertiary/aromatic N) is 1. The second-order valence-electron chi connectivity index (χ2n) is 14.2. The van der Waals surface area contributed by atoms with E-state index in [0.29, 0.717) is 0 Å². The zero-order valence-corrected chi connectivity index (χ0v) is 30.5. The average molecular weight is 704 g/mol. The smallest absolute Gasteiger partial charge is 0.137 e. The maximum Gasteiger partial charge on any atom is 0.137 e. The van der Waals surface area contributed by atoms with Crippen LogP contribution in [0, 0.1) is 6.92 Å². The van der Waals surface area contributed by atoms with Crippen LogP contribution in [-0.4, -0.2) is 0 Å². The van der Waals surface area contributed by atoms with Gasteiger partial charge in [-0.25, -0.2) is 0 Å². The summed E-state index contributed by atoms with van der Waals surface area (Å²) in [6.45, 7) is 2.15. The van der Waals surface area contributed by atoms with Gasteiger partial charge in [-0.1, -0.05) is 152 Å². The molecule has 0 aliphatic rings. The van der Waals surface area contributed by atoms with Gasteiger partial charge in [0.25, 0.3) is 0 Å². The largest absolute Gasteiger partial charge is 0.456 e. The minimum absolute atomic E-state index is 0.872. The van der Waals surface area contributed by atoms with Gasteiger partial charge in [0.05, 0.1) is 5.69 Å². The highest BCUT2D eigenvalue weighted by Crippen LogP contribution is 2.45. The molecule has 10 aromatic rings. The van der Waals surface area contributed by atoms with Crippen LogP contribution in [-0.2, 0) is 0 Å². The molecule has 0 N–H and O–H groups in total. The summed E-state index contributed by atoms with van der Waals surface area (Å²) in [4.78, 5) is 2.38. The predicted molar refractivity (Wildman–Crippen MR) is 232 cm³/mol. The van der Waals surface area contributed by atoms with E-state index in [4.69, 9.17) is 4.42 Å². The van der Waals surface area contributed by atoms with Gasteiger partial charge in [-0.2, -0.15) is 0 Å². The highest BCUT2D eigenvalue weighted by Gasteiger charge is 2.21. The van der Waals surface area contributed by atoms with Crippen LogP contribution in [0.4, 0.5) is 17.1 Å². The van der Waals surface area contributed by atoms with E-state index < -0.39 is 0 Å². The molecule has 0 saturated heterocycles. The maximum atomic E-state index is 6.53. The molecule has 0 aliphatic heterocycles. The third kappa shape index (κ3) is 5.95. The van der Waals surface area contributed by atoms with Crippen molar-refractivity contribution in [3.8, 4) is 44.5 Å². The van der Waals surface area contributed by atoms with E-state index in [2.05, 4.69) is 218 Å². The van der Waals surface area contributed by atoms with E-state index >= 15 is 0 Å². The van der Waals surface area contributed by atoms with Gasteiger partial charge in [-0.3, -0.25) is 0 Å². The Kier molecular flexibility index (Phi) is 8.08. The molecule has 260 valence electrons. The monoisotopic (exact) mass is 703 g/mol. The van der Waals surface area contributed by atoms with E-state index in [0.717, 1.165) is 50.3 Å². The van der Waals surface area contributed by atoms with Gasteiger partial charge in [0.1, 0.15) is 11.2 Å². The van der Waals surface area contributed by atoms with Crippen molar-refractivity contribution >= 4 is 49.8 Å². The van der Waals surface area contributed by atoms with Crippen LogP contribution >= 0.6 is 0 Å². The fourth-order valence-electron chi connectivity index (χ4n) is 8.07. The molecule has 0 saturated carbocycles. The maximum absolute atomic E-state index is 6.53. The van der Waals surface area contributed by atoms with E-state index in [9.17, 15) is 0 Å². The Morgan fingerprint density at radius 1 is 0.364 bits per heavy atom. The second-order valence-corrected chi connectivity index (χ2v) is 14.2. The van der Waals surface area contributed by atoms with Crippen molar-refractivity contribution in [2.24, 2.45) is 0 Å². The summed E-state index contributed by atoms with van der Waals surface area (Å²) in [6, 6.07) is 74.1. The Hall–Kier alpha value is -7.16. The molecule has 10 rings (SSSR count). The number of rotatable bonds is 7. The first-order valence-electron chi connectivity index (χ1n) is 18.8. The first-order valence-corrected chi connectivity index (χ1v) is 18.8. The van der Waals surface area contributed by atoms with E-state index in [1.807, 2.05) is 0 Å². The molecule has 9 aromatic carbocycles. The summed E-state index contributed by atoms with van der Waals surface area (Å²) in [6.07, 6.45) is 0. The van der Waals surface area contributed by atoms with Crippen molar-refractivity contribution in [1.29, 1.82) is 0 Å². The Morgan fingerprint density at radius 2 is 0.945 bits per heavy atom. The molecule has 0 bridgehead atoms. The molecular formula is C53H37NO. The highest BCUT2D eigenvalue weighted by atomic mass is 16.3. The molecule has 0 aliphatic carbocycles. The number of fused-ring (bicyclic) bond motifs is 4. The van der Waals surface area contributed by atoms with E-state index in [-0.39, 0.29) is 0 Å². The molecule has 1 heterocycles. The van der Waals surface area contributed by atoms with E-state index in [1.54, 1.807) is 0 Å². The summed E-state index contributed by atoms with van der Waals surface area (Å²) in [7, 11) is 0. The minimum Gasteiger partial charge on any atom is -0.456 e. The number of hydrogen-bond acceptors (Lipinski definition) is 2. The SMILES string of the molecule is Cc1cccc2oc3cc(N(c4ccc(-c5ccc(-c6ccccc6)cc5-c5ccccc5)cc4)c4cc5ccccc5cc4-c4ccccc4)ccc3c12. The van der Waals surface area contributed by atoms with Crippen molar-refractivity contribution < 1.29 is 4.42 Å². The molecule has 55 heavy (non-hydrogen) atoms. The van der Waals surface area contributed by atoms with Crippen LogP contribution in [0.1, 0.15) is 5.56 Å². The quantitative estimate of drug-likeness (QED) is 0.164. The lowest BCUT2D eigenvalue weighted by atomic mass is 9.91. The fraction of sp³-hybridized carbons (Fsp3) is 0.0189. The Labute approximate surface area is 321 Å². The topological polar surface area (TPSA) is 16.4 Å². The van der Waals surface area contributed by atoms with Crippen LogP contribution in [0.15, 0.2) is 211 Å². The predicted octanol–water partition coefficient (Wildman–Crippen LogP) is 15.2. The summed E-state index contributed by atoms with van der Waals surface area (Å²) < 4.78 is 6.53. The Morgan fingerprint density at radius 3 is 1.65 bits per heavy atom. The molecule has 2 heteroatoms.